The van der Waals surface area contributed by atoms with Crippen molar-refractivity contribution in [1.82, 2.24) is 20.1 Å². The van der Waals surface area contributed by atoms with Gasteiger partial charge in [-0.05, 0) is 35.6 Å². The molecule has 3 aromatic rings. The molecule has 0 aromatic carbocycles. The molecule has 0 saturated heterocycles. The van der Waals surface area contributed by atoms with E-state index in [1.807, 2.05) is 36.7 Å². The van der Waals surface area contributed by atoms with E-state index in [-0.39, 0.29) is 5.91 Å². The Morgan fingerprint density at radius 1 is 1.21 bits per heavy atom. The van der Waals surface area contributed by atoms with Crippen LogP contribution in [-0.2, 0) is 17.6 Å². The van der Waals surface area contributed by atoms with Crippen molar-refractivity contribution in [3.63, 3.8) is 0 Å². The second-order valence-corrected chi connectivity index (χ2v) is 6.35. The standard InChI is InChI=1S/C17H18N4O2S/c1-21(11-8-13-6-9-18-10-7-13)16(22)5-4-15-19-20-17(23-15)14-3-2-12-24-14/h2-3,6-7,9-10,12H,4-5,8,11H2,1H3. The van der Waals surface area contributed by atoms with Gasteiger partial charge in [0, 0.05) is 38.8 Å². The lowest BCUT2D eigenvalue weighted by atomic mass is 10.2. The van der Waals surface area contributed by atoms with Gasteiger partial charge in [-0.3, -0.25) is 9.78 Å². The van der Waals surface area contributed by atoms with Crippen molar-refractivity contribution in [3.8, 4) is 10.8 Å². The van der Waals surface area contributed by atoms with E-state index in [0.717, 1.165) is 11.3 Å². The van der Waals surface area contributed by atoms with Gasteiger partial charge >= 0.3 is 0 Å². The molecule has 0 atom stereocenters. The Bertz CT molecular complexity index is 771. The number of likely N-dealkylation sites (N-methyl/N-ethyl adjacent to an activating group) is 1. The molecule has 0 fully saturated rings. The van der Waals surface area contributed by atoms with Crippen LogP contribution in [0.3, 0.4) is 0 Å². The second kappa shape index (κ2) is 7.83. The topological polar surface area (TPSA) is 72.1 Å². The third-order valence-electron chi connectivity index (χ3n) is 3.66. The van der Waals surface area contributed by atoms with E-state index >= 15 is 0 Å². The summed E-state index contributed by atoms with van der Waals surface area (Å²) >= 11 is 1.55. The smallest absolute Gasteiger partial charge is 0.257 e. The Balaban J connectivity index is 1.46. The third-order valence-corrected chi connectivity index (χ3v) is 4.52. The zero-order chi connectivity index (χ0) is 16.8. The van der Waals surface area contributed by atoms with E-state index in [9.17, 15) is 4.79 Å². The Morgan fingerprint density at radius 2 is 2.04 bits per heavy atom. The predicted octanol–water partition coefficient (Wildman–Crippen LogP) is 2.83. The van der Waals surface area contributed by atoms with E-state index in [2.05, 4.69) is 15.2 Å². The molecule has 0 radical (unpaired) electrons. The molecule has 24 heavy (non-hydrogen) atoms. The number of amides is 1. The summed E-state index contributed by atoms with van der Waals surface area (Å²) in [5.41, 5.74) is 1.17. The molecular formula is C17H18N4O2S. The summed E-state index contributed by atoms with van der Waals surface area (Å²) in [6, 6.07) is 7.79. The molecule has 0 N–H and O–H groups in total. The Hall–Kier alpha value is -2.54. The average Bonchev–Trinajstić information content (AvgIpc) is 3.29. The fraction of sp³-hybridized carbons (Fsp3) is 0.294. The zero-order valence-electron chi connectivity index (χ0n) is 13.4. The molecule has 3 rings (SSSR count). The Labute approximate surface area is 144 Å². The summed E-state index contributed by atoms with van der Waals surface area (Å²) in [5.74, 6) is 1.08. The lowest BCUT2D eigenvalue weighted by Gasteiger charge is -2.16. The van der Waals surface area contributed by atoms with Gasteiger partial charge in [0.1, 0.15) is 0 Å². The van der Waals surface area contributed by atoms with Gasteiger partial charge in [-0.2, -0.15) is 0 Å². The van der Waals surface area contributed by atoms with Crippen LogP contribution in [0.4, 0.5) is 0 Å². The van der Waals surface area contributed by atoms with Crippen molar-refractivity contribution in [2.75, 3.05) is 13.6 Å². The van der Waals surface area contributed by atoms with Crippen LogP contribution in [-0.4, -0.2) is 39.6 Å². The normalized spacial score (nSPS) is 10.7. The van der Waals surface area contributed by atoms with Gasteiger partial charge in [0.25, 0.3) is 5.89 Å². The molecule has 0 unspecified atom stereocenters. The SMILES string of the molecule is CN(CCc1ccncc1)C(=O)CCc1nnc(-c2cccs2)o1. The lowest BCUT2D eigenvalue weighted by Crippen LogP contribution is -2.29. The van der Waals surface area contributed by atoms with Gasteiger partial charge in [-0.15, -0.1) is 21.5 Å². The molecule has 0 spiro atoms. The van der Waals surface area contributed by atoms with Crippen LogP contribution >= 0.6 is 11.3 Å². The van der Waals surface area contributed by atoms with Crippen LogP contribution in [0.5, 0.6) is 0 Å². The van der Waals surface area contributed by atoms with Crippen molar-refractivity contribution in [1.29, 1.82) is 0 Å². The number of carbonyl (C=O) groups is 1. The van der Waals surface area contributed by atoms with Gasteiger partial charge < -0.3 is 9.32 Å². The highest BCUT2D eigenvalue weighted by atomic mass is 32.1. The minimum atomic E-state index is 0.0694. The Morgan fingerprint density at radius 3 is 2.79 bits per heavy atom. The maximum absolute atomic E-state index is 12.2. The lowest BCUT2D eigenvalue weighted by molar-refractivity contribution is -0.129. The first kappa shape index (κ1) is 16.3. The first-order chi connectivity index (χ1) is 11.7. The fourth-order valence-electron chi connectivity index (χ4n) is 2.23. The molecule has 3 heterocycles. The van der Waals surface area contributed by atoms with Gasteiger partial charge in [-0.25, -0.2) is 0 Å². The van der Waals surface area contributed by atoms with E-state index in [1.54, 1.807) is 28.6 Å². The molecule has 7 heteroatoms. The quantitative estimate of drug-likeness (QED) is 0.660. The van der Waals surface area contributed by atoms with Crippen LogP contribution in [0.2, 0.25) is 0 Å². The van der Waals surface area contributed by atoms with E-state index in [4.69, 9.17) is 4.42 Å². The van der Waals surface area contributed by atoms with Crippen molar-refractivity contribution < 1.29 is 9.21 Å². The van der Waals surface area contributed by atoms with Gasteiger partial charge in [0.15, 0.2) is 0 Å². The molecular weight excluding hydrogens is 324 g/mol. The number of rotatable bonds is 7. The zero-order valence-corrected chi connectivity index (χ0v) is 14.2. The van der Waals surface area contributed by atoms with Crippen molar-refractivity contribution in [2.24, 2.45) is 0 Å². The molecule has 0 aliphatic carbocycles. The number of carbonyl (C=O) groups excluding carboxylic acids is 1. The molecule has 0 saturated carbocycles. The summed E-state index contributed by atoms with van der Waals surface area (Å²) in [7, 11) is 1.81. The number of hydrogen-bond donors (Lipinski definition) is 0. The van der Waals surface area contributed by atoms with Crippen molar-refractivity contribution in [3.05, 3.63) is 53.5 Å². The minimum absolute atomic E-state index is 0.0694. The molecule has 0 bridgehead atoms. The number of aromatic nitrogens is 3. The van der Waals surface area contributed by atoms with Gasteiger partial charge in [0.2, 0.25) is 11.8 Å². The predicted molar refractivity (Wildman–Crippen MR) is 91.5 cm³/mol. The summed E-state index contributed by atoms with van der Waals surface area (Å²) < 4.78 is 5.60. The van der Waals surface area contributed by atoms with Crippen molar-refractivity contribution >= 4 is 17.2 Å². The summed E-state index contributed by atoms with van der Waals surface area (Å²) in [6.07, 6.45) is 5.15. The molecule has 124 valence electrons. The van der Waals surface area contributed by atoms with Crippen LogP contribution in [0.1, 0.15) is 17.9 Å². The monoisotopic (exact) mass is 342 g/mol. The minimum Gasteiger partial charge on any atom is -0.420 e. The number of thiophene rings is 1. The summed E-state index contributed by atoms with van der Waals surface area (Å²) in [6.45, 7) is 0.674. The number of nitrogens with zero attached hydrogens (tertiary/aromatic N) is 4. The van der Waals surface area contributed by atoms with E-state index < -0.39 is 0 Å². The first-order valence-electron chi connectivity index (χ1n) is 7.71. The van der Waals surface area contributed by atoms with Crippen LogP contribution in [0.15, 0.2) is 46.5 Å². The fourth-order valence-corrected chi connectivity index (χ4v) is 2.87. The van der Waals surface area contributed by atoms with Gasteiger partial charge in [0.05, 0.1) is 4.88 Å². The van der Waals surface area contributed by atoms with Crippen molar-refractivity contribution in [2.45, 2.75) is 19.3 Å². The number of pyridine rings is 1. The molecule has 6 nitrogen and oxygen atoms in total. The number of aryl methyl sites for hydroxylation is 1. The highest BCUT2D eigenvalue weighted by Crippen LogP contribution is 2.23. The maximum Gasteiger partial charge on any atom is 0.257 e. The van der Waals surface area contributed by atoms with E-state index in [0.29, 0.717) is 31.2 Å². The van der Waals surface area contributed by atoms with Crippen LogP contribution < -0.4 is 0 Å². The first-order valence-corrected chi connectivity index (χ1v) is 8.59. The number of hydrogen-bond acceptors (Lipinski definition) is 6. The third kappa shape index (κ3) is 4.26. The highest BCUT2D eigenvalue weighted by molar-refractivity contribution is 7.13. The average molecular weight is 342 g/mol. The van der Waals surface area contributed by atoms with E-state index in [1.165, 1.54) is 5.56 Å². The second-order valence-electron chi connectivity index (χ2n) is 5.40. The molecule has 1 amide bonds. The van der Waals surface area contributed by atoms with Gasteiger partial charge in [-0.1, -0.05) is 6.07 Å². The Kier molecular flexibility index (Phi) is 5.32. The molecule has 3 aromatic heterocycles. The molecule has 0 aliphatic rings. The highest BCUT2D eigenvalue weighted by Gasteiger charge is 2.13. The van der Waals surface area contributed by atoms with Crippen LogP contribution in [0, 0.1) is 0 Å². The largest absolute Gasteiger partial charge is 0.420 e. The van der Waals surface area contributed by atoms with Crippen LogP contribution in [0.25, 0.3) is 10.8 Å². The summed E-state index contributed by atoms with van der Waals surface area (Å²) in [4.78, 5) is 18.9. The molecule has 0 aliphatic heterocycles. The maximum atomic E-state index is 12.2. The summed E-state index contributed by atoms with van der Waals surface area (Å²) in [5, 5.41) is 9.99.